The van der Waals surface area contributed by atoms with Crippen LogP contribution in [0.15, 0.2) is 24.3 Å². The molecule has 0 radical (unpaired) electrons. The molecule has 0 aromatic heterocycles. The van der Waals surface area contributed by atoms with Crippen molar-refractivity contribution in [3.8, 4) is 0 Å². The van der Waals surface area contributed by atoms with Crippen LogP contribution in [0.25, 0.3) is 0 Å². The van der Waals surface area contributed by atoms with Crippen LogP contribution in [0.2, 0.25) is 0 Å². The van der Waals surface area contributed by atoms with E-state index in [0.29, 0.717) is 19.1 Å². The van der Waals surface area contributed by atoms with Crippen molar-refractivity contribution in [3.63, 3.8) is 0 Å². The maximum Gasteiger partial charge on any atom is 0.319 e. The second-order valence-corrected chi connectivity index (χ2v) is 4.55. The van der Waals surface area contributed by atoms with E-state index in [9.17, 15) is 4.79 Å². The van der Waals surface area contributed by atoms with Crippen LogP contribution in [-0.4, -0.2) is 37.6 Å². The molecule has 18 heavy (non-hydrogen) atoms. The first-order valence-electron chi connectivity index (χ1n) is 6.03. The monoisotopic (exact) mass is 250 g/mol. The highest BCUT2D eigenvalue weighted by Gasteiger charge is 2.06. The molecular weight excluding hydrogens is 228 g/mol. The quantitative estimate of drug-likeness (QED) is 0.736. The molecule has 0 aliphatic heterocycles. The van der Waals surface area contributed by atoms with Crippen molar-refractivity contribution in [2.75, 3.05) is 26.0 Å². The van der Waals surface area contributed by atoms with Crippen molar-refractivity contribution in [1.29, 1.82) is 0 Å². The van der Waals surface area contributed by atoms with E-state index >= 15 is 0 Å². The number of likely N-dealkylation sites (N-methyl/N-ethyl adjacent to an activating group) is 1. The number of hydrogen-bond acceptors (Lipinski definition) is 3. The number of amides is 2. The number of nitrogens with one attached hydrogen (secondary N) is 2. The number of nitrogens with two attached hydrogens (primary N) is 1. The third kappa shape index (κ3) is 4.73. The molecule has 100 valence electrons. The predicted octanol–water partition coefficient (Wildman–Crippen LogP) is 1.22. The topological polar surface area (TPSA) is 70.4 Å². The van der Waals surface area contributed by atoms with Crippen LogP contribution in [0.3, 0.4) is 0 Å². The van der Waals surface area contributed by atoms with E-state index in [4.69, 9.17) is 5.73 Å². The highest BCUT2D eigenvalue weighted by Crippen LogP contribution is 2.08. The molecule has 1 aromatic carbocycles. The summed E-state index contributed by atoms with van der Waals surface area (Å²) in [6.45, 7) is 3.17. The molecule has 5 heteroatoms. The molecule has 0 aliphatic carbocycles. The zero-order chi connectivity index (χ0) is 13.5. The second kappa shape index (κ2) is 6.98. The predicted molar refractivity (Wildman–Crippen MR) is 74.5 cm³/mol. The maximum absolute atomic E-state index is 11.6. The van der Waals surface area contributed by atoms with E-state index in [2.05, 4.69) is 22.5 Å². The van der Waals surface area contributed by atoms with Crippen LogP contribution in [-0.2, 0) is 6.54 Å². The Bertz CT molecular complexity index is 375. The molecule has 1 rings (SSSR count). The minimum atomic E-state index is -0.191. The molecule has 0 fully saturated rings. The Kier molecular flexibility index (Phi) is 5.61. The van der Waals surface area contributed by atoms with Crippen LogP contribution >= 0.6 is 0 Å². The summed E-state index contributed by atoms with van der Waals surface area (Å²) in [6, 6.07) is 7.60. The van der Waals surface area contributed by atoms with Crippen molar-refractivity contribution in [3.05, 3.63) is 29.8 Å². The van der Waals surface area contributed by atoms with Gasteiger partial charge in [0, 0.05) is 24.8 Å². The summed E-state index contributed by atoms with van der Waals surface area (Å²) in [4.78, 5) is 13.7. The SMILES string of the molecule is CC(CNC(=O)Nc1ccc(CN)cc1)N(C)C. The average molecular weight is 250 g/mol. The van der Waals surface area contributed by atoms with Crippen LogP contribution < -0.4 is 16.4 Å². The number of carbonyl (C=O) groups excluding carboxylic acids is 1. The second-order valence-electron chi connectivity index (χ2n) is 4.55. The standard InChI is InChI=1S/C13H22N4O/c1-10(17(2)3)9-15-13(18)16-12-6-4-11(8-14)5-7-12/h4-7,10H,8-9,14H2,1-3H3,(H2,15,16,18). The number of hydrogen-bond donors (Lipinski definition) is 3. The van der Waals surface area contributed by atoms with Gasteiger partial charge in [0.05, 0.1) is 0 Å². The van der Waals surface area contributed by atoms with Crippen molar-refractivity contribution in [1.82, 2.24) is 10.2 Å². The lowest BCUT2D eigenvalue weighted by atomic mass is 10.2. The van der Waals surface area contributed by atoms with Crippen molar-refractivity contribution in [2.45, 2.75) is 19.5 Å². The fraction of sp³-hybridized carbons (Fsp3) is 0.462. The summed E-state index contributed by atoms with van der Waals surface area (Å²) >= 11 is 0. The first kappa shape index (κ1) is 14.5. The zero-order valence-corrected chi connectivity index (χ0v) is 11.2. The van der Waals surface area contributed by atoms with E-state index in [0.717, 1.165) is 11.3 Å². The molecule has 2 amide bonds. The zero-order valence-electron chi connectivity index (χ0n) is 11.2. The Hall–Kier alpha value is -1.59. The van der Waals surface area contributed by atoms with E-state index in [1.54, 1.807) is 0 Å². The highest BCUT2D eigenvalue weighted by atomic mass is 16.2. The number of rotatable bonds is 5. The molecule has 1 aromatic rings. The number of carbonyl (C=O) groups is 1. The molecule has 4 N–H and O–H groups in total. The normalized spacial score (nSPS) is 12.3. The molecule has 1 unspecified atom stereocenters. The third-order valence-corrected chi connectivity index (χ3v) is 2.89. The molecule has 1 atom stereocenters. The van der Waals surface area contributed by atoms with Crippen molar-refractivity contribution >= 4 is 11.7 Å². The average Bonchev–Trinajstić information content (AvgIpc) is 2.36. The first-order chi connectivity index (χ1) is 8.52. The smallest absolute Gasteiger partial charge is 0.319 e. The molecule has 5 nitrogen and oxygen atoms in total. The van der Waals surface area contributed by atoms with Crippen LogP contribution in [0, 0.1) is 0 Å². The fourth-order valence-electron chi connectivity index (χ4n) is 1.32. The molecule has 0 saturated heterocycles. The van der Waals surface area contributed by atoms with Crippen LogP contribution in [0.1, 0.15) is 12.5 Å². The summed E-state index contributed by atoms with van der Waals surface area (Å²) in [5, 5.41) is 5.60. The first-order valence-corrected chi connectivity index (χ1v) is 6.03. The fourth-order valence-corrected chi connectivity index (χ4v) is 1.32. The van der Waals surface area contributed by atoms with Gasteiger partial charge in [-0.05, 0) is 38.7 Å². The summed E-state index contributed by atoms with van der Waals surface area (Å²) < 4.78 is 0. The Morgan fingerprint density at radius 2 is 1.94 bits per heavy atom. The lowest BCUT2D eigenvalue weighted by molar-refractivity contribution is 0.245. The van der Waals surface area contributed by atoms with Gasteiger partial charge in [0.2, 0.25) is 0 Å². The van der Waals surface area contributed by atoms with Gasteiger partial charge in [-0.2, -0.15) is 0 Å². The largest absolute Gasteiger partial charge is 0.336 e. The van der Waals surface area contributed by atoms with Gasteiger partial charge in [0.15, 0.2) is 0 Å². The highest BCUT2D eigenvalue weighted by molar-refractivity contribution is 5.89. The van der Waals surface area contributed by atoms with E-state index in [1.807, 2.05) is 38.4 Å². The molecule has 0 saturated carbocycles. The van der Waals surface area contributed by atoms with Crippen LogP contribution in [0.5, 0.6) is 0 Å². The van der Waals surface area contributed by atoms with Gasteiger partial charge >= 0.3 is 6.03 Å². The van der Waals surface area contributed by atoms with Gasteiger partial charge in [-0.25, -0.2) is 4.79 Å². The Morgan fingerprint density at radius 3 is 2.44 bits per heavy atom. The number of benzene rings is 1. The Labute approximate surface area is 108 Å². The molecule has 0 bridgehead atoms. The van der Waals surface area contributed by atoms with Gasteiger partial charge in [-0.1, -0.05) is 12.1 Å². The van der Waals surface area contributed by atoms with E-state index < -0.39 is 0 Å². The lowest BCUT2D eigenvalue weighted by Gasteiger charge is -2.20. The van der Waals surface area contributed by atoms with Gasteiger partial charge in [-0.15, -0.1) is 0 Å². The summed E-state index contributed by atoms with van der Waals surface area (Å²) in [5.41, 5.74) is 7.32. The molecule has 0 aliphatic rings. The molecule has 0 spiro atoms. The minimum Gasteiger partial charge on any atom is -0.336 e. The van der Waals surface area contributed by atoms with Gasteiger partial charge in [-0.3, -0.25) is 0 Å². The van der Waals surface area contributed by atoms with Gasteiger partial charge < -0.3 is 21.3 Å². The maximum atomic E-state index is 11.6. The van der Waals surface area contributed by atoms with Gasteiger partial charge in [0.25, 0.3) is 0 Å². The molecular formula is C13H22N4O. The van der Waals surface area contributed by atoms with Crippen LogP contribution in [0.4, 0.5) is 10.5 Å². The Balaban J connectivity index is 2.39. The number of nitrogens with zero attached hydrogens (tertiary/aromatic N) is 1. The molecule has 0 heterocycles. The summed E-state index contributed by atoms with van der Waals surface area (Å²) in [6.07, 6.45) is 0. The van der Waals surface area contributed by atoms with E-state index in [-0.39, 0.29) is 6.03 Å². The van der Waals surface area contributed by atoms with Crippen molar-refractivity contribution < 1.29 is 4.79 Å². The number of anilines is 1. The summed E-state index contributed by atoms with van der Waals surface area (Å²) in [5.74, 6) is 0. The third-order valence-electron chi connectivity index (χ3n) is 2.89. The lowest BCUT2D eigenvalue weighted by Crippen LogP contribution is -2.40. The minimum absolute atomic E-state index is 0.191. The summed E-state index contributed by atoms with van der Waals surface area (Å²) in [7, 11) is 3.96. The van der Waals surface area contributed by atoms with Crippen molar-refractivity contribution in [2.24, 2.45) is 5.73 Å². The van der Waals surface area contributed by atoms with Gasteiger partial charge in [0.1, 0.15) is 0 Å². The van der Waals surface area contributed by atoms with E-state index in [1.165, 1.54) is 0 Å². The Morgan fingerprint density at radius 1 is 1.33 bits per heavy atom. The number of urea groups is 1.